The quantitative estimate of drug-likeness (QED) is 0.182. The predicted molar refractivity (Wildman–Crippen MR) is 133 cm³/mol. The van der Waals surface area contributed by atoms with E-state index in [2.05, 4.69) is 64.4 Å². The van der Waals surface area contributed by atoms with E-state index in [-0.39, 0.29) is 29.7 Å². The maximum Gasteiger partial charge on any atom is 0.306 e. The lowest BCUT2D eigenvalue weighted by Crippen LogP contribution is -2.53. The van der Waals surface area contributed by atoms with Gasteiger partial charge in [-0.05, 0) is 18.9 Å². The van der Waals surface area contributed by atoms with Crippen molar-refractivity contribution in [2.24, 2.45) is 4.99 Å². The number of nitrogens with one attached hydrogen (secondary N) is 1. The van der Waals surface area contributed by atoms with Gasteiger partial charge >= 0.3 is 5.69 Å². The van der Waals surface area contributed by atoms with Crippen molar-refractivity contribution in [3.05, 3.63) is 58.4 Å². The molecule has 0 spiro atoms. The van der Waals surface area contributed by atoms with Crippen LogP contribution in [0.1, 0.15) is 31.9 Å². The van der Waals surface area contributed by atoms with Crippen molar-refractivity contribution in [2.75, 3.05) is 39.3 Å². The standard InChI is InChI=1S/C21H31N7O2.HI/c1-3-20(18-8-6-5-7-9-18)25-12-14-26(15-13-25)21(22-4-2)23-10-11-27-17-19(16-24-27)28(29)30;/h5-9,16-17,20H,3-4,10-15H2,1-2H3,(H,22,23);1H. The molecule has 2 aromatic rings. The molecular weight excluding hydrogens is 509 g/mol. The Labute approximate surface area is 200 Å². The van der Waals surface area contributed by atoms with Gasteiger partial charge in [0.1, 0.15) is 12.4 Å². The van der Waals surface area contributed by atoms with E-state index in [0.717, 1.165) is 45.1 Å². The molecule has 10 heteroatoms. The van der Waals surface area contributed by atoms with E-state index in [1.807, 2.05) is 0 Å². The number of guanidine groups is 1. The van der Waals surface area contributed by atoms with Gasteiger partial charge in [-0.25, -0.2) is 0 Å². The van der Waals surface area contributed by atoms with Crippen molar-refractivity contribution in [3.8, 4) is 0 Å². The molecule has 2 heterocycles. The highest BCUT2D eigenvalue weighted by Crippen LogP contribution is 2.25. The molecule has 1 unspecified atom stereocenters. The van der Waals surface area contributed by atoms with Crippen LogP contribution in [0.2, 0.25) is 0 Å². The molecule has 1 aromatic heterocycles. The summed E-state index contributed by atoms with van der Waals surface area (Å²) in [5.74, 6) is 0.895. The minimum Gasteiger partial charge on any atom is -0.357 e. The van der Waals surface area contributed by atoms with Crippen LogP contribution in [0.15, 0.2) is 47.7 Å². The summed E-state index contributed by atoms with van der Waals surface area (Å²) >= 11 is 0. The van der Waals surface area contributed by atoms with Gasteiger partial charge in [0.05, 0.1) is 18.0 Å². The van der Waals surface area contributed by atoms with Crippen LogP contribution in [0.5, 0.6) is 0 Å². The SMILES string of the molecule is CCNC(=NCCn1cc([N+](=O)[O-])cn1)N1CCN(C(CC)c2ccccc2)CC1.I. The molecule has 1 saturated heterocycles. The minimum atomic E-state index is -0.435. The predicted octanol–water partition coefficient (Wildman–Crippen LogP) is 3.14. The Hall–Kier alpha value is -2.21. The van der Waals surface area contributed by atoms with E-state index in [1.54, 1.807) is 4.68 Å². The summed E-state index contributed by atoms with van der Waals surface area (Å²) in [6.07, 6.45) is 3.80. The Morgan fingerprint density at radius 1 is 1.23 bits per heavy atom. The number of aromatic nitrogens is 2. The Morgan fingerprint density at radius 3 is 2.52 bits per heavy atom. The van der Waals surface area contributed by atoms with Gasteiger partial charge in [-0.3, -0.25) is 24.7 Å². The topological polar surface area (TPSA) is 91.8 Å². The molecule has 1 fully saturated rings. The second kappa shape index (κ2) is 12.6. The van der Waals surface area contributed by atoms with Crippen molar-refractivity contribution in [2.45, 2.75) is 32.9 Å². The smallest absolute Gasteiger partial charge is 0.306 e. The van der Waals surface area contributed by atoms with Crippen molar-refractivity contribution in [1.82, 2.24) is 24.9 Å². The van der Waals surface area contributed by atoms with E-state index in [4.69, 9.17) is 4.99 Å². The monoisotopic (exact) mass is 541 g/mol. The highest BCUT2D eigenvalue weighted by molar-refractivity contribution is 14.0. The Bertz CT molecular complexity index is 835. The van der Waals surface area contributed by atoms with Crippen LogP contribution in [-0.2, 0) is 6.54 Å². The summed E-state index contributed by atoms with van der Waals surface area (Å²) in [7, 11) is 0. The molecule has 0 bridgehead atoms. The van der Waals surface area contributed by atoms with E-state index >= 15 is 0 Å². The van der Waals surface area contributed by atoms with Crippen LogP contribution in [0.4, 0.5) is 5.69 Å². The molecule has 1 aliphatic heterocycles. The molecule has 1 N–H and O–H groups in total. The van der Waals surface area contributed by atoms with Gasteiger partial charge in [-0.1, -0.05) is 37.3 Å². The highest BCUT2D eigenvalue weighted by atomic mass is 127. The molecule has 170 valence electrons. The summed E-state index contributed by atoms with van der Waals surface area (Å²) in [5.41, 5.74) is 1.38. The van der Waals surface area contributed by atoms with Crippen molar-refractivity contribution >= 4 is 35.6 Å². The van der Waals surface area contributed by atoms with Crippen molar-refractivity contribution in [3.63, 3.8) is 0 Å². The first kappa shape index (κ1) is 25.1. The van der Waals surface area contributed by atoms with Crippen molar-refractivity contribution < 1.29 is 4.92 Å². The maximum atomic E-state index is 10.8. The van der Waals surface area contributed by atoms with Gasteiger partial charge in [0, 0.05) is 38.8 Å². The van der Waals surface area contributed by atoms with Gasteiger partial charge in [0.15, 0.2) is 5.96 Å². The van der Waals surface area contributed by atoms with Crippen LogP contribution in [0, 0.1) is 10.1 Å². The number of piperazine rings is 1. The normalized spacial score (nSPS) is 15.9. The summed E-state index contributed by atoms with van der Waals surface area (Å²) < 4.78 is 1.56. The fraction of sp³-hybridized carbons (Fsp3) is 0.524. The average Bonchev–Trinajstić information content (AvgIpc) is 3.24. The molecule has 0 aliphatic carbocycles. The number of nitrogens with zero attached hydrogens (tertiary/aromatic N) is 6. The van der Waals surface area contributed by atoms with Crippen molar-refractivity contribution in [1.29, 1.82) is 0 Å². The first-order valence-corrected chi connectivity index (χ1v) is 10.6. The molecular formula is C21H32IN7O2. The molecule has 1 aliphatic rings. The molecule has 1 aromatic carbocycles. The first-order valence-electron chi connectivity index (χ1n) is 10.6. The zero-order valence-electron chi connectivity index (χ0n) is 18.2. The van der Waals surface area contributed by atoms with E-state index in [9.17, 15) is 10.1 Å². The third kappa shape index (κ3) is 6.89. The van der Waals surface area contributed by atoms with Crippen LogP contribution in [0.25, 0.3) is 0 Å². The molecule has 3 rings (SSSR count). The second-order valence-corrected chi connectivity index (χ2v) is 7.31. The fourth-order valence-corrected chi connectivity index (χ4v) is 3.88. The lowest BCUT2D eigenvalue weighted by molar-refractivity contribution is -0.385. The zero-order valence-corrected chi connectivity index (χ0v) is 20.5. The van der Waals surface area contributed by atoms with Crippen LogP contribution in [0.3, 0.4) is 0 Å². The summed E-state index contributed by atoms with van der Waals surface area (Å²) in [4.78, 5) is 19.9. The largest absolute Gasteiger partial charge is 0.357 e. The summed E-state index contributed by atoms with van der Waals surface area (Å²) in [6.45, 7) is 9.95. The third-order valence-electron chi connectivity index (χ3n) is 5.38. The number of benzene rings is 1. The maximum absolute atomic E-state index is 10.8. The number of hydrogen-bond donors (Lipinski definition) is 1. The number of halogens is 1. The highest BCUT2D eigenvalue weighted by Gasteiger charge is 2.25. The van der Waals surface area contributed by atoms with Crippen LogP contribution in [-0.4, -0.2) is 69.7 Å². The van der Waals surface area contributed by atoms with Gasteiger partial charge in [-0.15, -0.1) is 24.0 Å². The number of nitro groups is 1. The van der Waals surface area contributed by atoms with E-state index in [1.165, 1.54) is 18.0 Å². The Balaban J connectivity index is 0.00000341. The first-order chi connectivity index (χ1) is 14.6. The average molecular weight is 541 g/mol. The number of hydrogen-bond acceptors (Lipinski definition) is 5. The minimum absolute atomic E-state index is 0. The number of aliphatic imine (C=N–C) groups is 1. The summed E-state index contributed by atoms with van der Waals surface area (Å²) in [6, 6.07) is 11.2. The fourth-order valence-electron chi connectivity index (χ4n) is 3.88. The molecule has 0 radical (unpaired) electrons. The molecule has 1 atom stereocenters. The van der Waals surface area contributed by atoms with E-state index < -0.39 is 4.92 Å². The Morgan fingerprint density at radius 2 is 1.94 bits per heavy atom. The van der Waals surface area contributed by atoms with Crippen LogP contribution < -0.4 is 5.32 Å². The van der Waals surface area contributed by atoms with Gasteiger partial charge in [0.25, 0.3) is 0 Å². The Kier molecular flexibility index (Phi) is 10.2. The number of rotatable bonds is 8. The van der Waals surface area contributed by atoms with Gasteiger partial charge < -0.3 is 10.2 Å². The van der Waals surface area contributed by atoms with E-state index in [0.29, 0.717) is 19.1 Å². The lowest BCUT2D eigenvalue weighted by atomic mass is 10.0. The zero-order chi connectivity index (χ0) is 21.3. The van der Waals surface area contributed by atoms with Crippen LogP contribution >= 0.6 is 24.0 Å². The third-order valence-corrected chi connectivity index (χ3v) is 5.38. The van der Waals surface area contributed by atoms with Gasteiger partial charge in [-0.2, -0.15) is 5.10 Å². The molecule has 0 amide bonds. The molecule has 31 heavy (non-hydrogen) atoms. The van der Waals surface area contributed by atoms with Gasteiger partial charge in [0.2, 0.25) is 0 Å². The second-order valence-electron chi connectivity index (χ2n) is 7.31. The lowest BCUT2D eigenvalue weighted by Gasteiger charge is -2.40. The summed E-state index contributed by atoms with van der Waals surface area (Å²) in [5, 5.41) is 18.2. The molecule has 0 saturated carbocycles. The molecule has 9 nitrogen and oxygen atoms in total.